The lowest BCUT2D eigenvalue weighted by Gasteiger charge is -2.13. The molecule has 2 heterocycles. The van der Waals surface area contributed by atoms with E-state index >= 15 is 0 Å². The van der Waals surface area contributed by atoms with E-state index in [1.165, 1.54) is 11.0 Å². The number of aromatic nitrogens is 3. The molecule has 1 aromatic rings. The zero-order valence-corrected chi connectivity index (χ0v) is 11.6. The zero-order chi connectivity index (χ0) is 14.0. The molecule has 0 radical (unpaired) electrons. The normalized spacial score (nSPS) is 23.7. The van der Waals surface area contributed by atoms with Crippen LogP contribution in [0.4, 0.5) is 0 Å². The average Bonchev–Trinajstić information content (AvgIpc) is 2.94. The van der Waals surface area contributed by atoms with Gasteiger partial charge in [-0.1, -0.05) is 0 Å². The molecule has 1 amide bonds. The third-order valence-electron chi connectivity index (χ3n) is 2.54. The Kier molecular flexibility index (Phi) is 4.39. The first kappa shape index (κ1) is 14.6. The van der Waals surface area contributed by atoms with E-state index in [2.05, 4.69) is 22.3 Å². The van der Waals surface area contributed by atoms with Gasteiger partial charge in [-0.3, -0.25) is 4.79 Å². The molecular weight excluding hydrogens is 295 g/mol. The number of carbonyl (C=O) groups is 1. The zero-order valence-electron chi connectivity index (χ0n) is 9.79. The van der Waals surface area contributed by atoms with Crippen molar-refractivity contribution in [3.8, 4) is 0 Å². The highest BCUT2D eigenvalue weighted by Crippen LogP contribution is 2.56. The molecule has 0 aliphatic carbocycles. The van der Waals surface area contributed by atoms with E-state index in [0.29, 0.717) is 12.8 Å². The number of hydrogen-bond acceptors (Lipinski definition) is 8. The molecule has 0 bridgehead atoms. The summed E-state index contributed by atoms with van der Waals surface area (Å²) in [5.41, 5.74) is 5.05. The molecule has 0 spiro atoms. The lowest BCUT2D eigenvalue weighted by atomic mass is 10.2. The Labute approximate surface area is 114 Å². The summed E-state index contributed by atoms with van der Waals surface area (Å²) >= 11 is 3.51. The Balaban J connectivity index is 1.89. The number of thiol groups is 1. The first-order valence-corrected chi connectivity index (χ1v) is 8.20. The Morgan fingerprint density at radius 2 is 2.42 bits per heavy atom. The molecule has 2 rings (SSSR count). The number of nitrogens with two attached hydrogens (primary N) is 1. The van der Waals surface area contributed by atoms with Crippen molar-refractivity contribution < 1.29 is 23.8 Å². The van der Waals surface area contributed by atoms with Gasteiger partial charge in [-0.15, -0.1) is 5.10 Å². The molecule has 106 valence electrons. The Bertz CT molecular complexity index is 464. The lowest BCUT2D eigenvalue weighted by Crippen LogP contribution is -2.18. The molecule has 1 saturated heterocycles. The van der Waals surface area contributed by atoms with Crippen LogP contribution in [0, 0.1) is 0 Å². The first-order chi connectivity index (χ1) is 8.85. The monoisotopic (exact) mass is 309 g/mol. The van der Waals surface area contributed by atoms with Crippen molar-refractivity contribution in [1.82, 2.24) is 14.8 Å². The number of carbonyl (C=O) groups excluding carboxylic acids is 1. The van der Waals surface area contributed by atoms with Crippen molar-refractivity contribution in [1.29, 1.82) is 0 Å². The average molecular weight is 309 g/mol. The van der Waals surface area contributed by atoms with Crippen LogP contribution in [0.1, 0.15) is 29.7 Å². The summed E-state index contributed by atoms with van der Waals surface area (Å²) in [6, 6.07) is 0. The van der Waals surface area contributed by atoms with Crippen LogP contribution in [0.5, 0.6) is 0 Å². The standard InChI is InChI=1S/C8H13N4O5PS/c9-7(13)8-10-4-12(11-8)6-2-1-5(17-6)3-16-18(14,15)19/h4-6,14-15,19H,1-3H2,(H-,9,13)/p+1/t5?,6-/m1/s1. The summed E-state index contributed by atoms with van der Waals surface area (Å²) in [6.45, 7) is 0.0259. The second kappa shape index (κ2) is 5.70. The van der Waals surface area contributed by atoms with E-state index < -0.39 is 13.1 Å². The molecule has 1 fully saturated rings. The molecule has 1 aliphatic heterocycles. The maximum Gasteiger partial charge on any atom is 0.472 e. The van der Waals surface area contributed by atoms with Crippen molar-refractivity contribution in [2.45, 2.75) is 25.2 Å². The predicted molar refractivity (Wildman–Crippen MR) is 68.0 cm³/mol. The maximum atomic E-state index is 10.9. The molecule has 0 saturated carbocycles. The van der Waals surface area contributed by atoms with Gasteiger partial charge in [0.25, 0.3) is 5.91 Å². The van der Waals surface area contributed by atoms with Gasteiger partial charge in [-0.2, -0.15) is 14.3 Å². The molecule has 1 aromatic heterocycles. The van der Waals surface area contributed by atoms with Crippen molar-refractivity contribution in [2.75, 3.05) is 6.61 Å². The number of ether oxygens (including phenoxy) is 1. The van der Waals surface area contributed by atoms with Gasteiger partial charge in [0.15, 0.2) is 6.23 Å². The summed E-state index contributed by atoms with van der Waals surface area (Å²) in [5, 5.41) is 3.89. The van der Waals surface area contributed by atoms with E-state index in [0.717, 1.165) is 0 Å². The highest BCUT2D eigenvalue weighted by molar-refractivity contribution is 8.47. The summed E-state index contributed by atoms with van der Waals surface area (Å²) < 4.78 is 11.8. The van der Waals surface area contributed by atoms with Crippen molar-refractivity contribution >= 4 is 25.3 Å². The van der Waals surface area contributed by atoms with Crippen LogP contribution in [0.2, 0.25) is 0 Å². The summed E-state index contributed by atoms with van der Waals surface area (Å²) in [4.78, 5) is 32.6. The van der Waals surface area contributed by atoms with E-state index in [1.807, 2.05) is 0 Å². The lowest BCUT2D eigenvalue weighted by molar-refractivity contribution is -0.0259. The molecule has 4 N–H and O–H groups in total. The van der Waals surface area contributed by atoms with Crippen LogP contribution >= 0.6 is 19.4 Å². The van der Waals surface area contributed by atoms with E-state index in [1.54, 1.807) is 0 Å². The SMILES string of the molecule is NC(=O)c1ncn([C@H]2CCC(CO[P+](O)(O)S)O2)n1. The fourth-order valence-electron chi connectivity index (χ4n) is 1.71. The molecule has 1 aliphatic rings. The highest BCUT2D eigenvalue weighted by atomic mass is 32.7. The fourth-order valence-corrected chi connectivity index (χ4v) is 2.28. The maximum absolute atomic E-state index is 10.9. The van der Waals surface area contributed by atoms with Crippen LogP contribution < -0.4 is 5.73 Å². The first-order valence-electron chi connectivity index (χ1n) is 5.43. The van der Waals surface area contributed by atoms with Crippen molar-refractivity contribution in [3.05, 3.63) is 12.2 Å². The molecule has 9 nitrogen and oxygen atoms in total. The van der Waals surface area contributed by atoms with Crippen LogP contribution in [0.25, 0.3) is 0 Å². The van der Waals surface area contributed by atoms with Crippen LogP contribution in [0.15, 0.2) is 6.33 Å². The minimum absolute atomic E-state index is 0.0259. The number of nitrogens with zero attached hydrogens (tertiary/aromatic N) is 3. The van der Waals surface area contributed by atoms with Gasteiger partial charge in [0, 0.05) is 0 Å². The molecule has 11 heteroatoms. The number of rotatable bonds is 5. The Morgan fingerprint density at radius 1 is 1.68 bits per heavy atom. The quantitative estimate of drug-likeness (QED) is 0.432. The third-order valence-corrected chi connectivity index (χ3v) is 3.38. The number of primary amides is 1. The smallest absolute Gasteiger partial charge is 0.363 e. The minimum atomic E-state index is -3.55. The van der Waals surface area contributed by atoms with Crippen molar-refractivity contribution in [2.24, 2.45) is 5.73 Å². The van der Waals surface area contributed by atoms with Gasteiger partial charge in [0.2, 0.25) is 5.82 Å². The second-order valence-electron chi connectivity index (χ2n) is 4.01. The fraction of sp³-hybridized carbons (Fsp3) is 0.625. The van der Waals surface area contributed by atoms with Gasteiger partial charge in [0.05, 0.1) is 18.4 Å². The van der Waals surface area contributed by atoms with Crippen LogP contribution in [0.3, 0.4) is 0 Å². The number of amides is 1. The Morgan fingerprint density at radius 3 is 3.00 bits per heavy atom. The highest BCUT2D eigenvalue weighted by Gasteiger charge is 2.35. The van der Waals surface area contributed by atoms with Crippen molar-refractivity contribution in [3.63, 3.8) is 0 Å². The van der Waals surface area contributed by atoms with E-state index in [9.17, 15) is 4.79 Å². The van der Waals surface area contributed by atoms with E-state index in [4.69, 9.17) is 24.8 Å². The molecular formula is C8H14N4O5PS+. The second-order valence-corrected chi connectivity index (χ2v) is 6.86. The minimum Gasteiger partial charge on any atom is -0.363 e. The molecule has 0 aromatic carbocycles. The molecule has 2 atom stereocenters. The number of hydrogen-bond donors (Lipinski definition) is 4. The summed E-state index contributed by atoms with van der Waals surface area (Å²) in [5.74, 6) is -0.781. The summed E-state index contributed by atoms with van der Waals surface area (Å²) in [7, 11) is -3.55. The summed E-state index contributed by atoms with van der Waals surface area (Å²) in [6.07, 6.45) is 1.99. The topological polar surface area (TPSA) is 133 Å². The Hall–Kier alpha value is -0.770. The molecule has 19 heavy (non-hydrogen) atoms. The third kappa shape index (κ3) is 4.10. The molecule has 1 unspecified atom stereocenters. The van der Waals surface area contributed by atoms with Gasteiger partial charge >= 0.3 is 7.15 Å². The van der Waals surface area contributed by atoms with Crippen LogP contribution in [-0.2, 0) is 9.26 Å². The van der Waals surface area contributed by atoms with Gasteiger partial charge in [-0.25, -0.2) is 9.67 Å². The van der Waals surface area contributed by atoms with Gasteiger partial charge < -0.3 is 10.5 Å². The van der Waals surface area contributed by atoms with Crippen LogP contribution in [-0.4, -0.2) is 43.2 Å². The van der Waals surface area contributed by atoms with Gasteiger partial charge in [0.1, 0.15) is 12.9 Å². The van der Waals surface area contributed by atoms with Gasteiger partial charge in [-0.05, 0) is 12.8 Å². The van der Waals surface area contributed by atoms with E-state index in [-0.39, 0.29) is 24.8 Å². The largest absolute Gasteiger partial charge is 0.472 e. The predicted octanol–water partition coefficient (Wildman–Crippen LogP) is -0.337.